The number of alkyl halides is 3. The molecule has 0 aliphatic carbocycles. The molecule has 9 heteroatoms. The van der Waals surface area contributed by atoms with Crippen molar-refractivity contribution < 1.29 is 32.2 Å². The number of halogens is 3. The van der Waals surface area contributed by atoms with E-state index in [4.69, 9.17) is 9.47 Å². The summed E-state index contributed by atoms with van der Waals surface area (Å²) in [5.41, 5.74) is 2.20. The Balaban J connectivity index is 1.38. The number of rotatable bonds is 7. The van der Waals surface area contributed by atoms with Crippen LogP contribution < -0.4 is 10.1 Å². The highest BCUT2D eigenvalue weighted by atomic mass is 19.4. The zero-order valence-corrected chi connectivity index (χ0v) is 21.9. The number of fused-ring (bicyclic) bond motifs is 2. The Morgan fingerprint density at radius 2 is 1.73 bits per heavy atom. The maximum Gasteiger partial charge on any atom is 0.416 e. The van der Waals surface area contributed by atoms with E-state index >= 15 is 0 Å². The molecule has 208 valence electrons. The molecular weight excluding hydrogens is 521 g/mol. The highest BCUT2D eigenvalue weighted by Gasteiger charge is 2.46. The van der Waals surface area contributed by atoms with Crippen LogP contribution in [0.2, 0.25) is 0 Å². The molecule has 2 aliphatic heterocycles. The molecule has 3 aromatic carbocycles. The number of urea groups is 1. The Morgan fingerprint density at radius 1 is 0.975 bits per heavy atom. The zero-order chi connectivity index (χ0) is 28.3. The molecule has 5 rings (SSSR count). The normalized spacial score (nSPS) is 18.4. The van der Waals surface area contributed by atoms with Crippen LogP contribution in [0.1, 0.15) is 41.5 Å². The van der Waals surface area contributed by atoms with Crippen molar-refractivity contribution >= 4 is 17.6 Å². The highest BCUT2D eigenvalue weighted by Crippen LogP contribution is 2.44. The van der Waals surface area contributed by atoms with Crippen LogP contribution in [0.5, 0.6) is 5.75 Å². The summed E-state index contributed by atoms with van der Waals surface area (Å²) < 4.78 is 51.4. The van der Waals surface area contributed by atoms with Crippen LogP contribution in [-0.2, 0) is 28.9 Å². The third kappa shape index (κ3) is 5.68. The summed E-state index contributed by atoms with van der Waals surface area (Å²) in [6, 6.07) is 21.1. The number of nitrogens with zero attached hydrogens (tertiary/aromatic N) is 1. The van der Waals surface area contributed by atoms with Crippen molar-refractivity contribution in [2.24, 2.45) is 0 Å². The smallest absolute Gasteiger partial charge is 0.416 e. The Morgan fingerprint density at radius 3 is 2.48 bits per heavy atom. The summed E-state index contributed by atoms with van der Waals surface area (Å²) in [5.74, 6) is 0.116. The summed E-state index contributed by atoms with van der Waals surface area (Å²) in [6.07, 6.45) is -2.91. The minimum atomic E-state index is -4.53. The lowest BCUT2D eigenvalue weighted by Crippen LogP contribution is -2.50. The first kappa shape index (κ1) is 27.3. The largest absolute Gasteiger partial charge is 0.489 e. The summed E-state index contributed by atoms with van der Waals surface area (Å²) in [6.45, 7) is 0.110. The standard InChI is InChI=1S/C31H29F3N2O4/c1-39-29(37)28-25(21-11-7-12-24(16-21)40-19-20-8-3-2-4-9-20)17-23-14-15-27(28)36(23)30(38)35-18-22-10-5-6-13-26(22)31(32,33)34/h2-13,16,23,27H,14-15,17-19H2,1H3,(H,35,38)/t23-,27+/m0/s1. The summed E-state index contributed by atoms with van der Waals surface area (Å²) >= 11 is 0. The van der Waals surface area contributed by atoms with Gasteiger partial charge in [-0.25, -0.2) is 9.59 Å². The monoisotopic (exact) mass is 550 g/mol. The third-order valence-electron chi connectivity index (χ3n) is 7.42. The van der Waals surface area contributed by atoms with Gasteiger partial charge in [0.2, 0.25) is 0 Å². The van der Waals surface area contributed by atoms with Gasteiger partial charge in [0.1, 0.15) is 12.4 Å². The molecule has 1 saturated heterocycles. The fourth-order valence-corrected chi connectivity index (χ4v) is 5.59. The van der Waals surface area contributed by atoms with Crippen LogP contribution in [0.3, 0.4) is 0 Å². The van der Waals surface area contributed by atoms with Crippen LogP contribution >= 0.6 is 0 Å². The zero-order valence-electron chi connectivity index (χ0n) is 21.9. The maximum atomic E-state index is 13.4. The molecule has 1 fully saturated rings. The number of hydrogen-bond acceptors (Lipinski definition) is 4. The number of amides is 2. The predicted molar refractivity (Wildman–Crippen MR) is 143 cm³/mol. The fraction of sp³-hybridized carbons (Fsp3) is 0.290. The van der Waals surface area contributed by atoms with Crippen molar-refractivity contribution in [3.63, 3.8) is 0 Å². The maximum absolute atomic E-state index is 13.4. The van der Waals surface area contributed by atoms with Gasteiger partial charge in [0.05, 0.1) is 24.3 Å². The van der Waals surface area contributed by atoms with Gasteiger partial charge in [-0.1, -0.05) is 60.7 Å². The summed E-state index contributed by atoms with van der Waals surface area (Å²) in [7, 11) is 1.30. The number of benzene rings is 3. The molecule has 2 heterocycles. The number of nitrogens with one attached hydrogen (secondary N) is 1. The molecular formula is C31H29F3N2O4. The van der Waals surface area contributed by atoms with Crippen molar-refractivity contribution in [1.82, 2.24) is 10.2 Å². The van der Waals surface area contributed by atoms with Gasteiger partial charge in [-0.2, -0.15) is 13.2 Å². The van der Waals surface area contributed by atoms with Gasteiger partial charge in [-0.05, 0) is 59.7 Å². The number of methoxy groups -OCH3 is 1. The molecule has 0 saturated carbocycles. The predicted octanol–water partition coefficient (Wildman–Crippen LogP) is 6.36. The van der Waals surface area contributed by atoms with Crippen molar-refractivity contribution in [2.75, 3.05) is 7.11 Å². The molecule has 2 aliphatic rings. The van der Waals surface area contributed by atoms with Gasteiger partial charge in [-0.15, -0.1) is 0 Å². The van der Waals surface area contributed by atoms with Crippen LogP contribution in [0.4, 0.5) is 18.0 Å². The Kier molecular flexibility index (Phi) is 7.82. The third-order valence-corrected chi connectivity index (χ3v) is 7.42. The van der Waals surface area contributed by atoms with E-state index in [9.17, 15) is 22.8 Å². The molecule has 1 N–H and O–H groups in total. The molecule has 0 spiro atoms. The fourth-order valence-electron chi connectivity index (χ4n) is 5.59. The van der Waals surface area contributed by atoms with E-state index in [-0.39, 0.29) is 18.2 Å². The first-order chi connectivity index (χ1) is 19.3. The lowest BCUT2D eigenvalue weighted by Gasteiger charge is -2.37. The van der Waals surface area contributed by atoms with Gasteiger partial charge in [0.25, 0.3) is 0 Å². The van der Waals surface area contributed by atoms with E-state index in [1.807, 2.05) is 54.6 Å². The van der Waals surface area contributed by atoms with Crippen LogP contribution in [0, 0.1) is 0 Å². The van der Waals surface area contributed by atoms with Gasteiger partial charge >= 0.3 is 18.2 Å². The molecule has 0 radical (unpaired) electrons. The minimum absolute atomic E-state index is 0.0237. The van der Waals surface area contributed by atoms with Gasteiger partial charge in [0.15, 0.2) is 0 Å². The minimum Gasteiger partial charge on any atom is -0.489 e. The van der Waals surface area contributed by atoms with E-state index in [2.05, 4.69) is 5.32 Å². The topological polar surface area (TPSA) is 67.9 Å². The molecule has 0 aromatic heterocycles. The summed E-state index contributed by atoms with van der Waals surface area (Å²) in [5, 5.41) is 2.65. The number of ether oxygens (including phenoxy) is 2. The van der Waals surface area contributed by atoms with Crippen molar-refractivity contribution in [3.8, 4) is 5.75 Å². The van der Waals surface area contributed by atoms with Crippen molar-refractivity contribution in [1.29, 1.82) is 0 Å². The molecule has 0 unspecified atom stereocenters. The summed E-state index contributed by atoms with van der Waals surface area (Å²) in [4.78, 5) is 27.9. The number of hydrogen-bond donors (Lipinski definition) is 1. The van der Waals surface area contributed by atoms with Crippen molar-refractivity contribution in [2.45, 2.75) is 50.7 Å². The van der Waals surface area contributed by atoms with Crippen LogP contribution in [0.15, 0.2) is 84.4 Å². The van der Waals surface area contributed by atoms with E-state index in [1.54, 1.807) is 4.90 Å². The second kappa shape index (κ2) is 11.5. The van der Waals surface area contributed by atoms with Crippen LogP contribution in [-0.4, -0.2) is 36.1 Å². The van der Waals surface area contributed by atoms with E-state index < -0.39 is 29.8 Å². The molecule has 6 nitrogen and oxygen atoms in total. The molecule has 3 aromatic rings. The average molecular weight is 551 g/mol. The number of carbonyl (C=O) groups is 2. The molecule has 40 heavy (non-hydrogen) atoms. The second-order valence-electron chi connectivity index (χ2n) is 9.86. The first-order valence-corrected chi connectivity index (χ1v) is 13.1. The highest BCUT2D eigenvalue weighted by molar-refractivity contribution is 6.01. The van der Waals surface area contributed by atoms with Crippen molar-refractivity contribution in [3.05, 3.63) is 107 Å². The lowest BCUT2D eigenvalue weighted by molar-refractivity contribution is -0.138. The van der Waals surface area contributed by atoms with E-state index in [0.29, 0.717) is 37.2 Å². The average Bonchev–Trinajstić information content (AvgIpc) is 3.27. The SMILES string of the molecule is COC(=O)C1=C(c2cccc(OCc3ccccc3)c2)C[C@@H]2CC[C@H]1N2C(=O)NCc1ccccc1C(F)(F)F. The Labute approximate surface area is 230 Å². The van der Waals surface area contributed by atoms with Gasteiger partial charge in [-0.3, -0.25) is 0 Å². The van der Waals surface area contributed by atoms with Crippen LogP contribution in [0.25, 0.3) is 5.57 Å². The Bertz CT molecular complexity index is 1420. The lowest BCUT2D eigenvalue weighted by atomic mass is 9.88. The van der Waals surface area contributed by atoms with Gasteiger partial charge < -0.3 is 19.7 Å². The molecule has 2 atom stereocenters. The Hall–Kier alpha value is -4.27. The second-order valence-corrected chi connectivity index (χ2v) is 9.86. The van der Waals surface area contributed by atoms with E-state index in [0.717, 1.165) is 22.8 Å². The van der Waals surface area contributed by atoms with Gasteiger partial charge in [0, 0.05) is 12.6 Å². The first-order valence-electron chi connectivity index (χ1n) is 13.1. The van der Waals surface area contributed by atoms with E-state index in [1.165, 1.54) is 25.3 Å². The number of esters is 1. The molecule has 2 bridgehead atoms. The molecule has 2 amide bonds. The number of carbonyl (C=O) groups excluding carboxylic acids is 2. The quantitative estimate of drug-likeness (QED) is 0.348.